The van der Waals surface area contributed by atoms with E-state index in [-0.39, 0.29) is 29.3 Å². The zero-order chi connectivity index (χ0) is 21.9. The van der Waals surface area contributed by atoms with Crippen molar-refractivity contribution in [1.82, 2.24) is 9.78 Å². The van der Waals surface area contributed by atoms with Crippen molar-refractivity contribution in [2.75, 3.05) is 19.5 Å². The Bertz CT molecular complexity index is 1070. The molecule has 0 unspecified atom stereocenters. The number of hydrogen-bond donors (Lipinski definition) is 1. The summed E-state index contributed by atoms with van der Waals surface area (Å²) in [6.07, 6.45) is -1.87. The minimum absolute atomic E-state index is 0.0353. The number of furan rings is 1. The average Bonchev–Trinajstić information content (AvgIpc) is 3.36. The summed E-state index contributed by atoms with van der Waals surface area (Å²) in [5.74, 6) is -1.28. The molecule has 0 spiro atoms. The molecule has 3 aromatic rings. The Morgan fingerprint density at radius 2 is 1.97 bits per heavy atom. The van der Waals surface area contributed by atoms with Crippen molar-refractivity contribution in [1.29, 1.82) is 0 Å². The molecule has 158 valence electrons. The van der Waals surface area contributed by atoms with Gasteiger partial charge >= 0.3 is 12.1 Å². The first kappa shape index (κ1) is 21.0. The molecular weight excluding hydrogens is 407 g/mol. The third-order valence-corrected chi connectivity index (χ3v) is 4.02. The van der Waals surface area contributed by atoms with Crippen LogP contribution in [0.1, 0.15) is 32.2 Å². The van der Waals surface area contributed by atoms with Crippen LogP contribution in [0.3, 0.4) is 0 Å². The zero-order valence-electron chi connectivity index (χ0n) is 15.8. The monoisotopic (exact) mass is 423 g/mol. The third kappa shape index (κ3) is 4.62. The van der Waals surface area contributed by atoms with E-state index in [0.29, 0.717) is 5.76 Å². The Balaban J connectivity index is 1.71. The van der Waals surface area contributed by atoms with Gasteiger partial charge in [0.05, 0.1) is 38.2 Å². The Morgan fingerprint density at radius 1 is 1.20 bits per heavy atom. The molecule has 30 heavy (non-hydrogen) atoms. The van der Waals surface area contributed by atoms with Crippen LogP contribution in [0.4, 0.5) is 18.9 Å². The molecule has 0 fully saturated rings. The fourth-order valence-corrected chi connectivity index (χ4v) is 2.62. The summed E-state index contributed by atoms with van der Waals surface area (Å²) in [6.45, 7) is 0.160. The molecule has 0 aliphatic rings. The molecule has 2 aromatic heterocycles. The fourth-order valence-electron chi connectivity index (χ4n) is 2.62. The molecule has 1 amide bonds. The number of aromatic nitrogens is 2. The average molecular weight is 423 g/mol. The van der Waals surface area contributed by atoms with Crippen LogP contribution < -0.4 is 10.1 Å². The summed E-state index contributed by atoms with van der Waals surface area (Å²) >= 11 is 0. The van der Waals surface area contributed by atoms with Crippen LogP contribution in [0.5, 0.6) is 5.75 Å². The highest BCUT2D eigenvalue weighted by Gasteiger charge is 2.35. The molecule has 0 aliphatic carbocycles. The number of methoxy groups -OCH3 is 2. The molecule has 3 rings (SSSR count). The van der Waals surface area contributed by atoms with Crippen molar-refractivity contribution in [3.8, 4) is 5.75 Å². The van der Waals surface area contributed by atoms with Crippen molar-refractivity contribution in [3.63, 3.8) is 0 Å². The number of ether oxygens (including phenoxy) is 2. The van der Waals surface area contributed by atoms with Crippen LogP contribution in [-0.2, 0) is 17.5 Å². The fraction of sp³-hybridized carbons (Fsp3) is 0.211. The van der Waals surface area contributed by atoms with Crippen molar-refractivity contribution in [3.05, 3.63) is 65.4 Å². The van der Waals surface area contributed by atoms with E-state index in [0.717, 1.165) is 19.2 Å². The quantitative estimate of drug-likeness (QED) is 0.609. The number of carbonyl (C=O) groups is 2. The van der Waals surface area contributed by atoms with E-state index in [1.165, 1.54) is 36.3 Å². The number of carbonyl (C=O) groups excluding carboxylic acids is 2. The number of hydrogen-bond acceptors (Lipinski definition) is 6. The summed E-state index contributed by atoms with van der Waals surface area (Å²) in [6, 6.07) is 6.05. The summed E-state index contributed by atoms with van der Waals surface area (Å²) < 4.78 is 55.4. The van der Waals surface area contributed by atoms with Crippen LogP contribution >= 0.6 is 0 Å². The number of alkyl halides is 3. The number of amides is 1. The van der Waals surface area contributed by atoms with E-state index in [4.69, 9.17) is 9.15 Å². The van der Waals surface area contributed by atoms with Gasteiger partial charge in [-0.2, -0.15) is 18.3 Å². The molecule has 1 N–H and O–H groups in total. The molecule has 11 heteroatoms. The Hall–Kier alpha value is -3.76. The van der Waals surface area contributed by atoms with Crippen molar-refractivity contribution < 1.29 is 36.7 Å². The van der Waals surface area contributed by atoms with Gasteiger partial charge < -0.3 is 19.2 Å². The Labute approximate surface area is 168 Å². The molecule has 8 nitrogen and oxygen atoms in total. The lowest BCUT2D eigenvalue weighted by Gasteiger charge is -2.13. The van der Waals surface area contributed by atoms with E-state index in [1.54, 1.807) is 6.07 Å². The third-order valence-electron chi connectivity index (χ3n) is 4.02. The van der Waals surface area contributed by atoms with Crippen molar-refractivity contribution >= 4 is 17.6 Å². The van der Waals surface area contributed by atoms with E-state index in [1.807, 2.05) is 0 Å². The van der Waals surface area contributed by atoms with Gasteiger partial charge in [0.25, 0.3) is 5.91 Å². The van der Waals surface area contributed by atoms with Gasteiger partial charge in [-0.25, -0.2) is 4.79 Å². The number of rotatable bonds is 6. The van der Waals surface area contributed by atoms with Gasteiger partial charge in [0, 0.05) is 11.8 Å². The summed E-state index contributed by atoms with van der Waals surface area (Å²) in [5.41, 5.74) is -0.971. The molecule has 0 saturated carbocycles. The predicted molar refractivity (Wildman–Crippen MR) is 97.3 cm³/mol. The number of halogens is 3. The molecule has 1 aromatic carbocycles. The maximum absolute atomic E-state index is 13.1. The van der Waals surface area contributed by atoms with Crippen molar-refractivity contribution in [2.24, 2.45) is 0 Å². The number of nitrogens with one attached hydrogen (secondary N) is 1. The molecule has 0 saturated heterocycles. The maximum Gasteiger partial charge on any atom is 0.419 e. The standard InChI is InChI=1S/C19H16F3N3O5/c1-28-15-5-3-11(7-14(15)19(20,21)22)17(26)24-12-8-23-25(9-12)10-13-4-6-16(30-13)18(27)29-2/h3-9H,10H2,1-2H3,(H,24,26). The summed E-state index contributed by atoms with van der Waals surface area (Å²) in [7, 11) is 2.35. The van der Waals surface area contributed by atoms with Gasteiger partial charge in [0.1, 0.15) is 11.5 Å². The minimum Gasteiger partial charge on any atom is -0.496 e. The highest BCUT2D eigenvalue weighted by molar-refractivity contribution is 6.04. The Kier molecular flexibility index (Phi) is 5.81. The number of nitrogens with zero attached hydrogens (tertiary/aromatic N) is 2. The van der Waals surface area contributed by atoms with Crippen LogP contribution in [0.15, 0.2) is 47.1 Å². The second-order valence-electron chi connectivity index (χ2n) is 6.05. The smallest absolute Gasteiger partial charge is 0.419 e. The van der Waals surface area contributed by atoms with Crippen LogP contribution in [0.25, 0.3) is 0 Å². The van der Waals surface area contributed by atoms with Gasteiger partial charge in [-0.1, -0.05) is 0 Å². The first-order chi connectivity index (χ1) is 14.2. The first-order valence-corrected chi connectivity index (χ1v) is 8.47. The lowest BCUT2D eigenvalue weighted by Crippen LogP contribution is -2.14. The van der Waals surface area contributed by atoms with E-state index in [9.17, 15) is 22.8 Å². The molecule has 0 bridgehead atoms. The van der Waals surface area contributed by atoms with Crippen molar-refractivity contribution in [2.45, 2.75) is 12.7 Å². The molecule has 2 heterocycles. The van der Waals surface area contributed by atoms with Gasteiger partial charge in [0.2, 0.25) is 5.76 Å². The highest BCUT2D eigenvalue weighted by atomic mass is 19.4. The van der Waals surface area contributed by atoms with E-state index >= 15 is 0 Å². The molecule has 0 aliphatic heterocycles. The lowest BCUT2D eigenvalue weighted by atomic mass is 10.1. The summed E-state index contributed by atoms with van der Waals surface area (Å²) in [4.78, 5) is 23.7. The molecule has 0 radical (unpaired) electrons. The number of esters is 1. The van der Waals surface area contributed by atoms with Gasteiger partial charge in [-0.15, -0.1) is 0 Å². The minimum atomic E-state index is -4.67. The van der Waals surface area contributed by atoms with Crippen LogP contribution in [0.2, 0.25) is 0 Å². The van der Waals surface area contributed by atoms with Gasteiger partial charge in [0.15, 0.2) is 0 Å². The zero-order valence-corrected chi connectivity index (χ0v) is 15.8. The topological polar surface area (TPSA) is 95.6 Å². The highest BCUT2D eigenvalue weighted by Crippen LogP contribution is 2.36. The normalized spacial score (nSPS) is 11.2. The maximum atomic E-state index is 13.1. The summed E-state index contributed by atoms with van der Waals surface area (Å²) in [5, 5.41) is 6.52. The second kappa shape index (κ2) is 8.31. The molecular formula is C19H16F3N3O5. The van der Waals surface area contributed by atoms with Gasteiger partial charge in [-0.3, -0.25) is 9.48 Å². The predicted octanol–water partition coefficient (Wildman–Crippen LogP) is 3.59. The largest absolute Gasteiger partial charge is 0.496 e. The first-order valence-electron chi connectivity index (χ1n) is 8.47. The number of benzene rings is 1. The van der Waals surface area contributed by atoms with Gasteiger partial charge in [-0.05, 0) is 30.3 Å². The van der Waals surface area contributed by atoms with E-state index < -0.39 is 23.6 Å². The molecule has 0 atom stereocenters. The Morgan fingerprint density at radius 3 is 2.63 bits per heavy atom. The lowest BCUT2D eigenvalue weighted by molar-refractivity contribution is -0.138. The SMILES string of the molecule is COC(=O)c1ccc(Cn2cc(NC(=O)c3ccc(OC)c(C(F)(F)F)c3)cn2)o1. The second-order valence-corrected chi connectivity index (χ2v) is 6.05. The van der Waals surface area contributed by atoms with E-state index in [2.05, 4.69) is 15.2 Å². The van der Waals surface area contributed by atoms with Crippen LogP contribution in [0, 0.1) is 0 Å². The number of anilines is 1. The van der Waals surface area contributed by atoms with Crippen LogP contribution in [-0.4, -0.2) is 35.9 Å².